The van der Waals surface area contributed by atoms with Gasteiger partial charge in [0, 0.05) is 11.3 Å². The molecule has 0 saturated heterocycles. The molecular weight excluding hydrogens is 511 g/mol. The fraction of sp³-hybridized carbons (Fsp3) is 0.125. The molecule has 2 N–H and O–H groups in total. The second kappa shape index (κ2) is 11.4. The normalized spacial score (nSPS) is 11.6. The molecule has 0 spiro atoms. The van der Waals surface area contributed by atoms with Crippen molar-refractivity contribution in [3.05, 3.63) is 94.0 Å². The number of anilines is 2. The van der Waals surface area contributed by atoms with E-state index in [1.165, 1.54) is 18.2 Å². The van der Waals surface area contributed by atoms with Crippen molar-refractivity contribution in [1.29, 1.82) is 0 Å². The van der Waals surface area contributed by atoms with Crippen LogP contribution in [0.25, 0.3) is 0 Å². The minimum absolute atomic E-state index is 0.0199. The number of carbonyl (C=O) groups excluding carboxylic acids is 2. The van der Waals surface area contributed by atoms with Crippen LogP contribution in [-0.4, -0.2) is 38.7 Å². The Balaban J connectivity index is 1.66. The van der Waals surface area contributed by atoms with Crippen molar-refractivity contribution in [2.24, 2.45) is 5.10 Å². The second-order valence-electron chi connectivity index (χ2n) is 7.47. The third-order valence-corrected chi connectivity index (χ3v) is 6.77. The van der Waals surface area contributed by atoms with Gasteiger partial charge >= 0.3 is 0 Å². The number of rotatable bonds is 8. The third kappa shape index (κ3) is 7.05. The standard InChI is InChI=1S/C24H22Cl2N4O4S/c1-16(17-11-13-19(14-12-17)27-24(32)18-7-4-3-5-8-18)28-29-22(31)15-30(35(2,33)34)21-10-6-9-20(25)23(21)26/h3-14H,15H2,1-2H3,(H,27,32)(H,29,31)/b28-16-. The number of hydrazone groups is 1. The van der Waals surface area contributed by atoms with Gasteiger partial charge in [-0.15, -0.1) is 0 Å². The summed E-state index contributed by atoms with van der Waals surface area (Å²) >= 11 is 12.1. The Morgan fingerprint density at radius 3 is 2.20 bits per heavy atom. The molecule has 0 atom stereocenters. The molecule has 3 aromatic carbocycles. The Bertz CT molecular complexity index is 1360. The van der Waals surface area contributed by atoms with Crippen LogP contribution < -0.4 is 15.0 Å². The summed E-state index contributed by atoms with van der Waals surface area (Å²) in [6, 6.07) is 20.2. The molecule has 3 aromatic rings. The molecule has 0 radical (unpaired) electrons. The van der Waals surface area contributed by atoms with Crippen LogP contribution in [0, 0.1) is 0 Å². The van der Waals surface area contributed by atoms with Crippen molar-refractivity contribution in [2.75, 3.05) is 22.4 Å². The first-order valence-corrected chi connectivity index (χ1v) is 12.9. The van der Waals surface area contributed by atoms with Crippen LogP contribution in [0.3, 0.4) is 0 Å². The lowest BCUT2D eigenvalue weighted by Crippen LogP contribution is -2.39. The summed E-state index contributed by atoms with van der Waals surface area (Å²) in [7, 11) is -3.83. The van der Waals surface area contributed by atoms with Crippen LogP contribution in [0.1, 0.15) is 22.8 Å². The maximum absolute atomic E-state index is 12.5. The average molecular weight is 533 g/mol. The largest absolute Gasteiger partial charge is 0.322 e. The Hall–Kier alpha value is -3.40. The summed E-state index contributed by atoms with van der Waals surface area (Å²) in [6.07, 6.45) is 0.962. The maximum Gasteiger partial charge on any atom is 0.260 e. The van der Waals surface area contributed by atoms with Gasteiger partial charge in [-0.1, -0.05) is 59.6 Å². The van der Waals surface area contributed by atoms with E-state index in [9.17, 15) is 18.0 Å². The van der Waals surface area contributed by atoms with E-state index in [2.05, 4.69) is 15.8 Å². The molecule has 0 unspecified atom stereocenters. The van der Waals surface area contributed by atoms with Gasteiger partial charge in [-0.3, -0.25) is 13.9 Å². The summed E-state index contributed by atoms with van der Waals surface area (Å²) in [5.74, 6) is -0.899. The van der Waals surface area contributed by atoms with E-state index in [1.54, 1.807) is 55.5 Å². The summed E-state index contributed by atoms with van der Waals surface area (Å²) in [4.78, 5) is 24.7. The Labute approximate surface area is 213 Å². The molecule has 0 aliphatic heterocycles. The van der Waals surface area contributed by atoms with Crippen LogP contribution in [-0.2, 0) is 14.8 Å². The molecule has 0 heterocycles. The fourth-order valence-electron chi connectivity index (χ4n) is 3.03. The van der Waals surface area contributed by atoms with Crippen LogP contribution >= 0.6 is 23.2 Å². The van der Waals surface area contributed by atoms with Crippen LogP contribution in [0.15, 0.2) is 77.9 Å². The highest BCUT2D eigenvalue weighted by molar-refractivity contribution is 7.92. The highest BCUT2D eigenvalue weighted by Crippen LogP contribution is 2.33. The molecule has 35 heavy (non-hydrogen) atoms. The number of hydrogen-bond acceptors (Lipinski definition) is 5. The second-order valence-corrected chi connectivity index (χ2v) is 10.2. The van der Waals surface area contributed by atoms with Gasteiger partial charge in [-0.2, -0.15) is 5.10 Å². The Kier molecular flexibility index (Phi) is 8.50. The molecule has 0 saturated carbocycles. The zero-order valence-electron chi connectivity index (χ0n) is 18.8. The topological polar surface area (TPSA) is 108 Å². The summed E-state index contributed by atoms with van der Waals surface area (Å²) in [6.45, 7) is 1.14. The predicted molar refractivity (Wildman–Crippen MR) is 140 cm³/mol. The van der Waals surface area contributed by atoms with Crippen molar-refractivity contribution >= 4 is 62.1 Å². The van der Waals surface area contributed by atoms with Gasteiger partial charge in [0.05, 0.1) is 27.7 Å². The van der Waals surface area contributed by atoms with Gasteiger partial charge in [0.2, 0.25) is 10.0 Å². The Morgan fingerprint density at radius 2 is 1.57 bits per heavy atom. The van der Waals surface area contributed by atoms with Crippen molar-refractivity contribution in [3.8, 4) is 0 Å². The third-order valence-electron chi connectivity index (χ3n) is 4.83. The number of benzene rings is 3. The van der Waals surface area contributed by atoms with Crippen LogP contribution in [0.2, 0.25) is 10.0 Å². The van der Waals surface area contributed by atoms with Crippen LogP contribution in [0.5, 0.6) is 0 Å². The van der Waals surface area contributed by atoms with E-state index in [0.717, 1.165) is 10.6 Å². The molecule has 8 nitrogen and oxygen atoms in total. The fourth-order valence-corrected chi connectivity index (χ4v) is 4.34. The first-order valence-electron chi connectivity index (χ1n) is 10.3. The lowest BCUT2D eigenvalue weighted by molar-refractivity contribution is -0.119. The molecular formula is C24H22Cl2N4O4S. The lowest BCUT2D eigenvalue weighted by atomic mass is 10.1. The smallest absolute Gasteiger partial charge is 0.260 e. The van der Waals surface area contributed by atoms with Crippen molar-refractivity contribution in [3.63, 3.8) is 0 Å². The van der Waals surface area contributed by atoms with Gasteiger partial charge < -0.3 is 5.32 Å². The molecule has 182 valence electrons. The van der Waals surface area contributed by atoms with E-state index < -0.39 is 22.5 Å². The minimum Gasteiger partial charge on any atom is -0.322 e. The monoisotopic (exact) mass is 532 g/mol. The molecule has 2 amide bonds. The molecule has 0 aliphatic rings. The number of amides is 2. The van der Waals surface area contributed by atoms with Crippen molar-refractivity contribution < 1.29 is 18.0 Å². The number of sulfonamides is 1. The minimum atomic E-state index is -3.83. The van der Waals surface area contributed by atoms with Crippen LogP contribution in [0.4, 0.5) is 11.4 Å². The van der Waals surface area contributed by atoms with E-state index in [1.807, 2.05) is 6.07 Å². The SMILES string of the molecule is C/C(=N/NC(=O)CN(c1cccc(Cl)c1Cl)S(C)(=O)=O)c1ccc(NC(=O)c2ccccc2)cc1. The van der Waals surface area contributed by atoms with Gasteiger partial charge in [0.15, 0.2) is 0 Å². The molecule has 0 aliphatic carbocycles. The van der Waals surface area contributed by atoms with Gasteiger partial charge in [0.1, 0.15) is 6.54 Å². The summed E-state index contributed by atoms with van der Waals surface area (Å²) in [5, 5.41) is 7.04. The van der Waals surface area contributed by atoms with E-state index in [0.29, 0.717) is 22.5 Å². The number of hydrogen-bond donors (Lipinski definition) is 2. The molecule has 0 fully saturated rings. The number of nitrogens with one attached hydrogen (secondary N) is 2. The zero-order chi connectivity index (χ0) is 25.6. The Morgan fingerprint density at radius 1 is 0.914 bits per heavy atom. The summed E-state index contributed by atoms with van der Waals surface area (Å²) < 4.78 is 25.4. The molecule has 11 heteroatoms. The summed E-state index contributed by atoms with van der Waals surface area (Å²) in [5.41, 5.74) is 4.75. The van der Waals surface area contributed by atoms with Crippen molar-refractivity contribution in [2.45, 2.75) is 6.92 Å². The highest BCUT2D eigenvalue weighted by atomic mass is 35.5. The first-order chi connectivity index (χ1) is 16.6. The molecule has 0 aromatic heterocycles. The highest BCUT2D eigenvalue weighted by Gasteiger charge is 2.24. The van der Waals surface area contributed by atoms with E-state index >= 15 is 0 Å². The van der Waals surface area contributed by atoms with Gasteiger partial charge in [0.25, 0.3) is 11.8 Å². The van der Waals surface area contributed by atoms with Gasteiger partial charge in [-0.05, 0) is 48.9 Å². The molecule has 3 rings (SSSR count). The first kappa shape index (κ1) is 26.2. The number of halogens is 2. The maximum atomic E-state index is 12.5. The quantitative estimate of drug-likeness (QED) is 0.327. The van der Waals surface area contributed by atoms with Gasteiger partial charge in [-0.25, -0.2) is 13.8 Å². The lowest BCUT2D eigenvalue weighted by Gasteiger charge is -2.22. The number of nitrogens with zero attached hydrogens (tertiary/aromatic N) is 2. The average Bonchev–Trinajstić information content (AvgIpc) is 2.83. The van der Waals surface area contributed by atoms with Crippen molar-refractivity contribution in [1.82, 2.24) is 5.43 Å². The van der Waals surface area contributed by atoms with E-state index in [-0.39, 0.29) is 21.6 Å². The predicted octanol–water partition coefficient (Wildman–Crippen LogP) is 4.55. The molecule has 0 bridgehead atoms. The zero-order valence-corrected chi connectivity index (χ0v) is 21.2. The number of carbonyl (C=O) groups is 2. The van der Waals surface area contributed by atoms with E-state index in [4.69, 9.17) is 23.2 Å².